The van der Waals surface area contributed by atoms with Gasteiger partial charge in [0, 0.05) is 14.2 Å². The number of ether oxygens (including phenoxy) is 15. The van der Waals surface area contributed by atoms with Crippen LogP contribution in [0, 0.1) is 0 Å². The zero-order chi connectivity index (χ0) is 76.3. The first-order valence-corrected chi connectivity index (χ1v) is 29.0. The topological polar surface area (TPSA) is 841 Å². The first kappa shape index (κ1) is 84.3. The molecule has 0 aromatic carbocycles. The second-order valence-electron chi connectivity index (χ2n) is 22.9. The molecule has 0 aliphatic carbocycles. The molecule has 8 rings (SSSR count). The van der Waals surface area contributed by atoms with E-state index in [1.54, 1.807) is 0 Å². The van der Waals surface area contributed by atoms with E-state index >= 15 is 0 Å². The molecule has 0 amide bonds. The monoisotopic (exact) mass is 1490 g/mol. The normalized spacial score (nSPS) is 47.9. The van der Waals surface area contributed by atoms with Crippen molar-refractivity contribution in [3.8, 4) is 0 Å². The number of aliphatic hydroxyl groups excluding tert-OH is 20. The Morgan fingerprint density at radius 2 is 0.376 bits per heavy atom. The summed E-state index contributed by atoms with van der Waals surface area (Å²) in [6.07, 6.45) is -88.3. The molecule has 40 atom stereocenters. The fourth-order valence-electron chi connectivity index (χ4n) is 10.9. The Balaban J connectivity index is 0.000000511. The smallest absolute Gasteiger partial charge is 0.335 e. The maximum atomic E-state index is 12.5. The van der Waals surface area contributed by atoms with Gasteiger partial charge in [-0.15, -0.1) is 0 Å². The Hall–Kier alpha value is -5.64. The quantitative estimate of drug-likeness (QED) is 0.0538. The highest BCUT2D eigenvalue weighted by Gasteiger charge is 2.61. The fourth-order valence-corrected chi connectivity index (χ4v) is 10.9. The summed E-state index contributed by atoms with van der Waals surface area (Å²) >= 11 is 0. The minimum Gasteiger partial charge on any atom is -0.479 e. The van der Waals surface area contributed by atoms with Gasteiger partial charge >= 0.3 is 47.8 Å². The van der Waals surface area contributed by atoms with E-state index in [9.17, 15) is 130 Å². The third kappa shape index (κ3) is 18.2. The van der Waals surface area contributed by atoms with Gasteiger partial charge in [0.1, 0.15) is 146 Å². The molecule has 51 nitrogen and oxygen atoms in total. The van der Waals surface area contributed by atoms with Crippen molar-refractivity contribution in [1.29, 1.82) is 0 Å². The molecule has 8 aliphatic rings. The second-order valence-corrected chi connectivity index (χ2v) is 22.9. The van der Waals surface area contributed by atoms with Crippen LogP contribution in [0.5, 0.6) is 0 Å². The third-order valence-corrected chi connectivity index (χ3v) is 16.4. The lowest BCUT2D eigenvalue weighted by Gasteiger charge is -2.48. The van der Waals surface area contributed by atoms with E-state index in [4.69, 9.17) is 113 Å². The lowest BCUT2D eigenvalue weighted by Crippen LogP contribution is -2.69. The average Bonchev–Trinajstić information content (AvgIpc) is 0.768. The Kier molecular flexibility index (Phi) is 29.2. The van der Waals surface area contributed by atoms with Gasteiger partial charge in [0.05, 0.1) is 0 Å². The Labute approximate surface area is 559 Å². The van der Waals surface area contributed by atoms with E-state index in [0.29, 0.717) is 0 Å². The fraction of sp³-hybridized carbons (Fsp3) is 0.840. The van der Waals surface area contributed by atoms with E-state index < -0.39 is 293 Å². The Morgan fingerprint density at radius 3 is 0.564 bits per heavy atom. The van der Waals surface area contributed by atoms with Crippen molar-refractivity contribution in [3.05, 3.63) is 0 Å². The zero-order valence-corrected chi connectivity index (χ0v) is 51.0. The summed E-state index contributed by atoms with van der Waals surface area (Å²) < 4.78 is 75.9. The summed E-state index contributed by atoms with van der Waals surface area (Å²) in [6, 6.07) is 0. The molecule has 8 aliphatic heterocycles. The van der Waals surface area contributed by atoms with Crippen LogP contribution in [0.25, 0.3) is 0 Å². The summed E-state index contributed by atoms with van der Waals surface area (Å²) in [6.45, 7) is 0. The van der Waals surface area contributed by atoms with Gasteiger partial charge in [-0.25, -0.2) is 38.4 Å². The zero-order valence-electron chi connectivity index (χ0n) is 51.0. The Morgan fingerprint density at radius 1 is 0.198 bits per heavy atom. The predicted octanol–water partition coefficient (Wildman–Crippen LogP) is -18.5. The van der Waals surface area contributed by atoms with Crippen LogP contribution in [0.15, 0.2) is 0 Å². The standard InChI is InChI=1S/C38H54O37.2C6H10O7/c1-63-15-3(39)10(46)34(71-21(15)27(51)52)66-17-5(41)12(48)36(73-23(17)29(55)56)68-19-7(43)14(50)38(75-25(19)31(59)60)69-20-8(44)13(49)37(74-26(20)32(61)62)67-18-6(42)11(47)35(72-24(18)30(57)58)65-16-4(40)9(45)33(64-2)70-22(16)28(53)54;2*7-1-2(8)4(5(10)11)13-6(12)3(1)9/h3-26,33-50H,1-2H3,(H,51,52)(H,53,54)(H,55,56)(H,57,58)(H,59,60)(H,61,62);2*1-4,6-9,12H,(H,10,11)/t3-,4?,5?,6-,7+,8?,9?,10?,11?,12?,13?,14?,15-,16-,17-,18-,19-,20-,21?,22+,23+,24?,25?,26+,33+,34+,35+,36+,37+,38+;1-,2+,3?,4?,6-;1-,2-,3?,4?,6+/m010/s1. The SMILES string of the molecule is CO[C@@H]1O[C@@H](C(=O)O)[C@@H](O[C@@H]2OC(C(=O)O)[C@@H](O[C@@H]3O[C@@H](C(=O)O)[C@@H](O[C@@H]4OC(C(=O)O)[C@@H](O[C@@H]5O[C@@H](C(=O)O)[C@@H](O[C@@H]6OC(C(=O)O)[C@@H](OC)[C@@H](O)C6O)C(O)C5O)[C@H](O)C4O)C(O)C3O)[C@@H](O)C2O)C(O)C1O.O=C(O)C1O[C@@H](O)C(O)[C@@H](O)[C@@H]1O.O=C(O)C1O[C@@H](O)C(O)[C@H](O)[C@@H]1O. The highest BCUT2D eigenvalue weighted by atomic mass is 16.8. The van der Waals surface area contributed by atoms with Crippen molar-refractivity contribution in [1.82, 2.24) is 0 Å². The van der Waals surface area contributed by atoms with Gasteiger partial charge in [0.15, 0.2) is 99.2 Å². The molecule has 51 heteroatoms. The van der Waals surface area contributed by atoms with Gasteiger partial charge in [0.2, 0.25) is 0 Å². The molecule has 8 fully saturated rings. The van der Waals surface area contributed by atoms with Crippen LogP contribution >= 0.6 is 0 Å². The van der Waals surface area contributed by atoms with Crippen molar-refractivity contribution in [2.75, 3.05) is 14.2 Å². The van der Waals surface area contributed by atoms with Crippen LogP contribution in [0.2, 0.25) is 0 Å². The molecule has 8 saturated heterocycles. The van der Waals surface area contributed by atoms with Gasteiger partial charge in [-0.3, -0.25) is 0 Å². The molecule has 0 saturated carbocycles. The maximum absolute atomic E-state index is 12.5. The number of hydrogen-bond acceptors (Lipinski definition) is 43. The van der Waals surface area contributed by atoms with Crippen LogP contribution in [0.1, 0.15) is 0 Å². The van der Waals surface area contributed by atoms with Crippen LogP contribution in [0.3, 0.4) is 0 Å². The molecule has 8 heterocycles. The van der Waals surface area contributed by atoms with Crippen molar-refractivity contribution < 1.29 is 252 Å². The minimum absolute atomic E-state index is 0.959. The van der Waals surface area contributed by atoms with E-state index in [0.717, 1.165) is 14.2 Å². The molecular weight excluding hydrogens is 1420 g/mol. The predicted molar refractivity (Wildman–Crippen MR) is 285 cm³/mol. The molecule has 0 bridgehead atoms. The minimum atomic E-state index is -2.63. The van der Waals surface area contributed by atoms with Gasteiger partial charge in [0.25, 0.3) is 0 Å². The van der Waals surface area contributed by atoms with Crippen molar-refractivity contribution >= 4 is 47.8 Å². The highest BCUT2D eigenvalue weighted by molar-refractivity contribution is 5.76. The van der Waals surface area contributed by atoms with E-state index in [1.807, 2.05) is 0 Å². The lowest BCUT2D eigenvalue weighted by molar-refractivity contribution is -0.386. The molecule has 101 heavy (non-hydrogen) atoms. The van der Waals surface area contributed by atoms with Crippen molar-refractivity contribution in [2.45, 2.75) is 246 Å². The van der Waals surface area contributed by atoms with Crippen molar-refractivity contribution in [3.63, 3.8) is 0 Å². The van der Waals surface area contributed by atoms with Gasteiger partial charge in [-0.1, -0.05) is 0 Å². The number of carboxylic acid groups (broad SMARTS) is 8. The van der Waals surface area contributed by atoms with Gasteiger partial charge in [-0.2, -0.15) is 0 Å². The third-order valence-electron chi connectivity index (χ3n) is 16.4. The van der Waals surface area contributed by atoms with E-state index in [1.165, 1.54) is 0 Å². The van der Waals surface area contributed by atoms with Gasteiger partial charge < -0.3 is 214 Å². The summed E-state index contributed by atoms with van der Waals surface area (Å²) in [5, 5.41) is 278. The second kappa shape index (κ2) is 35.0. The summed E-state index contributed by atoms with van der Waals surface area (Å²) in [4.78, 5) is 94.2. The lowest BCUT2D eigenvalue weighted by atomic mass is 9.95. The molecule has 0 aromatic rings. The van der Waals surface area contributed by atoms with Crippen molar-refractivity contribution in [2.24, 2.45) is 0 Å². The summed E-state index contributed by atoms with van der Waals surface area (Å²) in [7, 11) is 1.94. The van der Waals surface area contributed by atoms with Crippen LogP contribution in [-0.4, -0.2) is 451 Å². The number of methoxy groups -OCH3 is 2. The van der Waals surface area contributed by atoms with Gasteiger partial charge in [-0.05, 0) is 0 Å². The largest absolute Gasteiger partial charge is 0.479 e. The number of aliphatic carboxylic acids is 8. The molecular formula is C50H74O51. The molecule has 0 spiro atoms. The van der Waals surface area contributed by atoms with Crippen LogP contribution < -0.4 is 0 Å². The van der Waals surface area contributed by atoms with E-state index in [-0.39, 0.29) is 0 Å². The summed E-state index contributed by atoms with van der Waals surface area (Å²) in [5.41, 5.74) is 0. The Bertz CT molecular complexity index is 2780. The number of aliphatic hydroxyl groups is 20. The maximum Gasteiger partial charge on any atom is 0.335 e. The average molecular weight is 1490 g/mol. The number of hydrogen-bond donors (Lipinski definition) is 28. The van der Waals surface area contributed by atoms with Crippen LogP contribution in [-0.2, 0) is 109 Å². The first-order valence-electron chi connectivity index (χ1n) is 29.0. The molecule has 580 valence electrons. The highest BCUT2D eigenvalue weighted by Crippen LogP contribution is 2.38. The number of carboxylic acids is 8. The van der Waals surface area contributed by atoms with Crippen LogP contribution in [0.4, 0.5) is 0 Å². The molecule has 16 unspecified atom stereocenters. The van der Waals surface area contributed by atoms with E-state index in [2.05, 4.69) is 9.47 Å². The summed E-state index contributed by atoms with van der Waals surface area (Å²) in [5.74, 6) is -14.9. The number of rotatable bonds is 20. The molecule has 0 aromatic heterocycles. The number of carbonyl (C=O) groups is 8. The molecule has 28 N–H and O–H groups in total. The first-order chi connectivity index (χ1) is 47.0. The molecule has 0 radical (unpaired) electrons.